The molecule has 1 rings (SSSR count). The summed E-state index contributed by atoms with van der Waals surface area (Å²) in [4.78, 5) is 14.4. The molecule has 0 aliphatic carbocycles. The van der Waals surface area contributed by atoms with Gasteiger partial charge in [0.15, 0.2) is 0 Å². The molecule has 0 spiro atoms. The van der Waals surface area contributed by atoms with Gasteiger partial charge in [-0.2, -0.15) is 0 Å². The lowest BCUT2D eigenvalue weighted by Crippen LogP contribution is -2.05. The number of nitrogens with zero attached hydrogens (tertiary/aromatic N) is 1. The average Bonchev–Trinajstić information content (AvgIpc) is 1.85. The zero-order valence-corrected chi connectivity index (χ0v) is 6.51. The molecule has 0 fully saturated rings. The van der Waals surface area contributed by atoms with Crippen LogP contribution in [0.4, 0.5) is 5.69 Å². The summed E-state index contributed by atoms with van der Waals surface area (Å²) in [7, 11) is 0. The third kappa shape index (κ3) is 2.37. The Morgan fingerprint density at radius 1 is 1.73 bits per heavy atom. The molecule has 0 unspecified atom stereocenters. The van der Waals surface area contributed by atoms with Crippen molar-refractivity contribution in [2.24, 2.45) is 0 Å². The number of anilines is 1. The van der Waals surface area contributed by atoms with Gasteiger partial charge in [0.1, 0.15) is 0 Å². The predicted molar refractivity (Wildman–Crippen MR) is 42.1 cm³/mol. The Balaban J connectivity index is 2.79. The number of amides is 1. The van der Waals surface area contributed by atoms with Gasteiger partial charge in [-0.05, 0) is 18.6 Å². The first-order valence-corrected chi connectivity index (χ1v) is 3.30. The van der Waals surface area contributed by atoms with Gasteiger partial charge in [-0.25, -0.2) is 0 Å². The van der Waals surface area contributed by atoms with Crippen LogP contribution in [0.15, 0.2) is 12.3 Å². The molecule has 3 heteroatoms. The lowest BCUT2D eigenvalue weighted by molar-refractivity contribution is -0.114. The highest BCUT2D eigenvalue weighted by Gasteiger charge is 1.94. The van der Waals surface area contributed by atoms with Crippen LogP contribution in [0.3, 0.4) is 0 Å². The molecule has 1 heterocycles. The van der Waals surface area contributed by atoms with Crippen molar-refractivity contribution < 1.29 is 4.79 Å². The summed E-state index contributed by atoms with van der Waals surface area (Å²) >= 11 is 0. The van der Waals surface area contributed by atoms with Gasteiger partial charge < -0.3 is 5.32 Å². The summed E-state index contributed by atoms with van der Waals surface area (Å²) in [6.07, 6.45) is 4.31. The molecule has 1 radical (unpaired) electrons. The van der Waals surface area contributed by atoms with Crippen LogP contribution >= 0.6 is 0 Å². The molecule has 1 amide bonds. The second kappa shape index (κ2) is 3.14. The standard InChI is InChI=1S/C8H9N2O/c1-6-3-8(5-9-4-6)10-7(2)11/h3,5H,1-2H3,(H,10,11). The molecule has 0 aliphatic heterocycles. The lowest BCUT2D eigenvalue weighted by Gasteiger charge is -1.99. The van der Waals surface area contributed by atoms with Crippen molar-refractivity contribution in [1.29, 1.82) is 0 Å². The first-order valence-electron chi connectivity index (χ1n) is 3.30. The number of carbonyl (C=O) groups excluding carboxylic acids is 1. The molecular weight excluding hydrogens is 140 g/mol. The normalized spacial score (nSPS) is 9.27. The second-order valence-corrected chi connectivity index (χ2v) is 2.33. The fraction of sp³-hybridized carbons (Fsp3) is 0.250. The molecule has 11 heavy (non-hydrogen) atoms. The van der Waals surface area contributed by atoms with E-state index in [1.165, 1.54) is 6.92 Å². The monoisotopic (exact) mass is 149 g/mol. The van der Waals surface area contributed by atoms with E-state index in [0.29, 0.717) is 5.69 Å². The molecule has 0 aliphatic rings. The summed E-state index contributed by atoms with van der Waals surface area (Å²) in [6, 6.07) is 1.81. The SMILES string of the molecule is CC(=O)Nc1cn[c]c(C)c1. The van der Waals surface area contributed by atoms with Crippen molar-refractivity contribution in [2.45, 2.75) is 13.8 Å². The highest BCUT2D eigenvalue weighted by molar-refractivity contribution is 5.88. The van der Waals surface area contributed by atoms with E-state index >= 15 is 0 Å². The number of pyridine rings is 1. The molecule has 0 saturated heterocycles. The quantitative estimate of drug-likeness (QED) is 0.650. The zero-order valence-electron chi connectivity index (χ0n) is 6.51. The largest absolute Gasteiger partial charge is 0.325 e. The van der Waals surface area contributed by atoms with Crippen molar-refractivity contribution in [1.82, 2.24) is 4.98 Å². The van der Waals surface area contributed by atoms with Crippen molar-refractivity contribution in [3.05, 3.63) is 24.0 Å². The van der Waals surface area contributed by atoms with Gasteiger partial charge >= 0.3 is 0 Å². The van der Waals surface area contributed by atoms with E-state index in [2.05, 4.69) is 16.5 Å². The molecule has 3 nitrogen and oxygen atoms in total. The van der Waals surface area contributed by atoms with E-state index in [-0.39, 0.29) is 5.91 Å². The van der Waals surface area contributed by atoms with Gasteiger partial charge in [0, 0.05) is 6.92 Å². The molecule has 1 N–H and O–H groups in total. The number of aromatic nitrogens is 1. The summed E-state index contributed by atoms with van der Waals surface area (Å²) in [5.74, 6) is -0.0857. The van der Waals surface area contributed by atoms with Crippen molar-refractivity contribution in [3.8, 4) is 0 Å². The van der Waals surface area contributed by atoms with E-state index in [4.69, 9.17) is 0 Å². The topological polar surface area (TPSA) is 42.0 Å². The number of aryl methyl sites for hydroxylation is 1. The molecule has 1 aromatic rings. The van der Waals surface area contributed by atoms with Crippen LogP contribution in [0.2, 0.25) is 0 Å². The fourth-order valence-electron chi connectivity index (χ4n) is 0.778. The van der Waals surface area contributed by atoms with Gasteiger partial charge in [0.25, 0.3) is 0 Å². The number of hydrogen-bond donors (Lipinski definition) is 1. The summed E-state index contributed by atoms with van der Waals surface area (Å²) in [5, 5.41) is 2.62. The van der Waals surface area contributed by atoms with Crippen LogP contribution in [-0.2, 0) is 4.79 Å². The van der Waals surface area contributed by atoms with Crippen molar-refractivity contribution in [3.63, 3.8) is 0 Å². The van der Waals surface area contributed by atoms with Crippen LogP contribution < -0.4 is 5.32 Å². The fourth-order valence-corrected chi connectivity index (χ4v) is 0.778. The maximum atomic E-state index is 10.6. The number of hydrogen-bond acceptors (Lipinski definition) is 2. The molecule has 0 bridgehead atoms. The van der Waals surface area contributed by atoms with Gasteiger partial charge in [-0.3, -0.25) is 9.78 Å². The van der Waals surface area contributed by atoms with Gasteiger partial charge in [0.2, 0.25) is 5.91 Å². The third-order valence-electron chi connectivity index (χ3n) is 1.14. The van der Waals surface area contributed by atoms with Crippen LogP contribution in [0.5, 0.6) is 0 Å². The first-order chi connectivity index (χ1) is 5.18. The van der Waals surface area contributed by atoms with E-state index in [1.54, 1.807) is 6.20 Å². The smallest absolute Gasteiger partial charge is 0.221 e. The Labute approximate surface area is 65.5 Å². The van der Waals surface area contributed by atoms with Crippen LogP contribution in [-0.4, -0.2) is 10.9 Å². The lowest BCUT2D eigenvalue weighted by atomic mass is 10.3. The van der Waals surface area contributed by atoms with E-state index < -0.39 is 0 Å². The van der Waals surface area contributed by atoms with Gasteiger partial charge in [-0.1, -0.05) is 0 Å². The van der Waals surface area contributed by atoms with Crippen LogP contribution in [0, 0.1) is 13.1 Å². The molecule has 0 aromatic carbocycles. The van der Waals surface area contributed by atoms with Crippen molar-refractivity contribution in [2.75, 3.05) is 5.32 Å². The molecule has 1 aromatic heterocycles. The highest BCUT2D eigenvalue weighted by atomic mass is 16.1. The number of nitrogens with one attached hydrogen (secondary N) is 1. The van der Waals surface area contributed by atoms with E-state index in [0.717, 1.165) is 5.56 Å². The molecule has 0 atom stereocenters. The Morgan fingerprint density at radius 3 is 3.00 bits per heavy atom. The second-order valence-electron chi connectivity index (χ2n) is 2.33. The Hall–Kier alpha value is -1.38. The Morgan fingerprint density at radius 2 is 2.45 bits per heavy atom. The average molecular weight is 149 g/mol. The van der Waals surface area contributed by atoms with Crippen molar-refractivity contribution >= 4 is 11.6 Å². The minimum absolute atomic E-state index is 0.0857. The van der Waals surface area contributed by atoms with Crippen LogP contribution in [0.25, 0.3) is 0 Å². The van der Waals surface area contributed by atoms with Gasteiger partial charge in [0.05, 0.1) is 18.1 Å². The van der Waals surface area contributed by atoms with Gasteiger partial charge in [-0.15, -0.1) is 0 Å². The summed E-state index contributed by atoms with van der Waals surface area (Å²) in [5.41, 5.74) is 1.63. The minimum Gasteiger partial charge on any atom is -0.325 e. The Kier molecular flexibility index (Phi) is 2.21. The molecular formula is C8H9N2O. The zero-order chi connectivity index (χ0) is 8.27. The maximum absolute atomic E-state index is 10.6. The van der Waals surface area contributed by atoms with E-state index in [1.807, 2.05) is 13.0 Å². The summed E-state index contributed by atoms with van der Waals surface area (Å²) in [6.45, 7) is 3.34. The first kappa shape index (κ1) is 7.72. The molecule has 0 saturated carbocycles. The molecule has 57 valence electrons. The van der Waals surface area contributed by atoms with Crippen LogP contribution in [0.1, 0.15) is 12.5 Å². The Bertz CT molecular complexity index is 271. The number of carbonyl (C=O) groups is 1. The van der Waals surface area contributed by atoms with E-state index in [9.17, 15) is 4.79 Å². The number of rotatable bonds is 1. The summed E-state index contributed by atoms with van der Waals surface area (Å²) < 4.78 is 0. The highest BCUT2D eigenvalue weighted by Crippen LogP contribution is 2.05. The predicted octanol–water partition coefficient (Wildman–Crippen LogP) is 1.15. The third-order valence-corrected chi connectivity index (χ3v) is 1.14. The minimum atomic E-state index is -0.0857. The maximum Gasteiger partial charge on any atom is 0.221 e.